The van der Waals surface area contributed by atoms with E-state index in [4.69, 9.17) is 28.3 Å². The van der Waals surface area contributed by atoms with Crippen molar-refractivity contribution >= 4 is 35.1 Å². The molecule has 0 fully saturated rings. The zero-order valence-electron chi connectivity index (χ0n) is 9.41. The highest BCUT2D eigenvalue weighted by atomic mass is 35.5. The van der Waals surface area contributed by atoms with Crippen molar-refractivity contribution in [2.45, 2.75) is 19.4 Å². The highest BCUT2D eigenvalue weighted by Crippen LogP contribution is 2.33. The lowest BCUT2D eigenvalue weighted by Gasteiger charge is -2.14. The Bertz CT molecular complexity index is 467. The third-order valence-corrected chi connectivity index (χ3v) is 2.77. The van der Waals surface area contributed by atoms with E-state index in [0.29, 0.717) is 5.56 Å². The summed E-state index contributed by atoms with van der Waals surface area (Å²) in [6.45, 7) is 1.23. The molecule has 98 valence electrons. The van der Waals surface area contributed by atoms with Crippen molar-refractivity contribution in [3.05, 3.63) is 27.7 Å². The number of benzene rings is 1. The molecule has 0 radical (unpaired) electrons. The van der Waals surface area contributed by atoms with Crippen LogP contribution in [0.4, 0.5) is 0 Å². The van der Waals surface area contributed by atoms with E-state index in [0.717, 1.165) is 0 Å². The summed E-state index contributed by atoms with van der Waals surface area (Å²) in [6.07, 6.45) is 0.0225. The van der Waals surface area contributed by atoms with Crippen LogP contribution in [0.5, 0.6) is 5.75 Å². The van der Waals surface area contributed by atoms with Crippen molar-refractivity contribution in [3.8, 4) is 5.75 Å². The number of carbonyl (C=O) groups is 2. The monoisotopic (exact) mass is 291 g/mol. The molecule has 1 rings (SSSR count). The molecule has 3 N–H and O–H groups in total. The Morgan fingerprint density at radius 3 is 2.22 bits per heavy atom. The Kier molecular flexibility index (Phi) is 4.81. The fourth-order valence-corrected chi connectivity index (χ4v) is 1.95. The number of carboxylic acid groups (broad SMARTS) is 1. The topological polar surface area (TPSA) is 86.6 Å². The van der Waals surface area contributed by atoms with Gasteiger partial charge in [0.15, 0.2) is 5.75 Å². The van der Waals surface area contributed by atoms with E-state index in [9.17, 15) is 14.7 Å². The molecule has 1 amide bonds. The number of rotatable bonds is 4. The number of amides is 1. The fraction of sp³-hybridized carbons (Fsp3) is 0.273. The fourth-order valence-electron chi connectivity index (χ4n) is 1.42. The van der Waals surface area contributed by atoms with Gasteiger partial charge in [-0.05, 0) is 17.7 Å². The molecule has 18 heavy (non-hydrogen) atoms. The molecular formula is C11H11Cl2NO4. The van der Waals surface area contributed by atoms with Gasteiger partial charge >= 0.3 is 5.97 Å². The van der Waals surface area contributed by atoms with Crippen molar-refractivity contribution in [1.29, 1.82) is 0 Å². The third kappa shape index (κ3) is 3.78. The van der Waals surface area contributed by atoms with Crippen LogP contribution < -0.4 is 5.32 Å². The van der Waals surface area contributed by atoms with Crippen molar-refractivity contribution in [2.24, 2.45) is 0 Å². The normalized spacial score (nSPS) is 11.9. The lowest BCUT2D eigenvalue weighted by molar-refractivity contribution is -0.141. The van der Waals surface area contributed by atoms with E-state index < -0.39 is 17.9 Å². The molecule has 0 saturated carbocycles. The van der Waals surface area contributed by atoms with Crippen LogP contribution >= 0.6 is 23.2 Å². The quantitative estimate of drug-likeness (QED) is 0.790. The zero-order valence-corrected chi connectivity index (χ0v) is 10.9. The maximum absolute atomic E-state index is 10.9. The van der Waals surface area contributed by atoms with Crippen LogP contribution in [0.2, 0.25) is 10.0 Å². The predicted octanol–water partition coefficient (Wildman–Crippen LogP) is 1.83. The van der Waals surface area contributed by atoms with Crippen LogP contribution in [0.15, 0.2) is 12.1 Å². The molecular weight excluding hydrogens is 281 g/mol. The van der Waals surface area contributed by atoms with Crippen LogP contribution in [0.1, 0.15) is 12.5 Å². The first kappa shape index (κ1) is 14.6. The average Bonchev–Trinajstić information content (AvgIpc) is 2.24. The molecule has 1 aromatic carbocycles. The van der Waals surface area contributed by atoms with Gasteiger partial charge in [0.25, 0.3) is 0 Å². The number of hydrogen-bond acceptors (Lipinski definition) is 3. The largest absolute Gasteiger partial charge is 0.505 e. The second kappa shape index (κ2) is 5.93. The van der Waals surface area contributed by atoms with E-state index in [2.05, 4.69) is 5.32 Å². The van der Waals surface area contributed by atoms with Crippen molar-refractivity contribution in [3.63, 3.8) is 0 Å². The minimum atomic E-state index is -1.16. The predicted molar refractivity (Wildman–Crippen MR) is 67.1 cm³/mol. The van der Waals surface area contributed by atoms with Gasteiger partial charge < -0.3 is 15.5 Å². The van der Waals surface area contributed by atoms with Gasteiger partial charge in [-0.25, -0.2) is 4.79 Å². The summed E-state index contributed by atoms with van der Waals surface area (Å²) in [5.74, 6) is -1.86. The van der Waals surface area contributed by atoms with Gasteiger partial charge in [0, 0.05) is 13.3 Å². The Labute approximate surface area is 113 Å². The molecule has 0 heterocycles. The van der Waals surface area contributed by atoms with Crippen LogP contribution in [0.25, 0.3) is 0 Å². The number of phenols is 1. The van der Waals surface area contributed by atoms with E-state index in [1.165, 1.54) is 19.1 Å². The second-order valence-electron chi connectivity index (χ2n) is 3.70. The third-order valence-electron chi connectivity index (χ3n) is 2.19. The molecule has 0 spiro atoms. The molecule has 7 heteroatoms. The molecule has 0 aliphatic carbocycles. The Morgan fingerprint density at radius 2 is 1.83 bits per heavy atom. The highest BCUT2D eigenvalue weighted by molar-refractivity contribution is 6.37. The van der Waals surface area contributed by atoms with E-state index in [1.807, 2.05) is 0 Å². The molecule has 0 aromatic heterocycles. The number of phenolic OH excluding ortho intramolecular Hbond substituents is 1. The molecule has 5 nitrogen and oxygen atoms in total. The highest BCUT2D eigenvalue weighted by Gasteiger charge is 2.20. The lowest BCUT2D eigenvalue weighted by Crippen LogP contribution is -2.41. The molecule has 1 atom stereocenters. The van der Waals surface area contributed by atoms with Crippen LogP contribution in [0.3, 0.4) is 0 Å². The molecule has 0 saturated heterocycles. The number of hydrogen-bond donors (Lipinski definition) is 3. The van der Waals surface area contributed by atoms with Crippen LogP contribution in [-0.2, 0) is 16.0 Å². The van der Waals surface area contributed by atoms with E-state index >= 15 is 0 Å². The molecule has 0 bridgehead atoms. The number of carboxylic acids is 1. The smallest absolute Gasteiger partial charge is 0.326 e. The average molecular weight is 292 g/mol. The van der Waals surface area contributed by atoms with Gasteiger partial charge in [-0.2, -0.15) is 0 Å². The minimum Gasteiger partial charge on any atom is -0.505 e. The van der Waals surface area contributed by atoms with E-state index in [-0.39, 0.29) is 22.2 Å². The van der Waals surface area contributed by atoms with Gasteiger partial charge in [-0.3, -0.25) is 4.79 Å². The molecule has 0 aliphatic heterocycles. The second-order valence-corrected chi connectivity index (χ2v) is 4.52. The standard InChI is InChI=1S/C11H11Cl2NO4/c1-5(15)14-9(11(17)18)4-6-2-7(12)10(16)8(13)3-6/h2-3,9,16H,4H2,1H3,(H,14,15)(H,17,18). The van der Waals surface area contributed by atoms with Gasteiger partial charge in [0.1, 0.15) is 6.04 Å². The SMILES string of the molecule is CC(=O)NC(Cc1cc(Cl)c(O)c(Cl)c1)C(=O)O. The first-order chi connectivity index (χ1) is 8.31. The minimum absolute atomic E-state index is 0.0225. The Morgan fingerprint density at radius 1 is 1.33 bits per heavy atom. The Balaban J connectivity index is 2.94. The maximum Gasteiger partial charge on any atom is 0.326 e. The van der Waals surface area contributed by atoms with Gasteiger partial charge in [0.2, 0.25) is 5.91 Å². The van der Waals surface area contributed by atoms with E-state index in [1.54, 1.807) is 0 Å². The summed E-state index contributed by atoms with van der Waals surface area (Å²) in [7, 11) is 0. The number of aromatic hydroxyl groups is 1. The maximum atomic E-state index is 10.9. The first-order valence-corrected chi connectivity index (χ1v) is 5.73. The summed E-state index contributed by atoms with van der Waals surface area (Å²) in [6, 6.07) is 1.74. The van der Waals surface area contributed by atoms with Crippen LogP contribution in [-0.4, -0.2) is 28.1 Å². The van der Waals surface area contributed by atoms with Crippen molar-refractivity contribution < 1.29 is 19.8 Å². The van der Waals surface area contributed by atoms with Gasteiger partial charge in [-0.15, -0.1) is 0 Å². The number of nitrogens with one attached hydrogen (secondary N) is 1. The van der Waals surface area contributed by atoms with Crippen LogP contribution in [0, 0.1) is 0 Å². The summed E-state index contributed by atoms with van der Waals surface area (Å²) >= 11 is 11.4. The zero-order chi connectivity index (χ0) is 13.9. The molecule has 1 unspecified atom stereocenters. The summed E-state index contributed by atoms with van der Waals surface area (Å²) < 4.78 is 0. The van der Waals surface area contributed by atoms with Crippen molar-refractivity contribution in [2.75, 3.05) is 0 Å². The molecule has 1 aromatic rings. The first-order valence-electron chi connectivity index (χ1n) is 4.98. The number of halogens is 2. The number of aliphatic carboxylic acids is 1. The van der Waals surface area contributed by atoms with Gasteiger partial charge in [0.05, 0.1) is 10.0 Å². The molecule has 0 aliphatic rings. The Hall–Kier alpha value is -1.46. The summed E-state index contributed by atoms with van der Waals surface area (Å²) in [5, 5.41) is 20.7. The van der Waals surface area contributed by atoms with Crippen molar-refractivity contribution in [1.82, 2.24) is 5.32 Å². The summed E-state index contributed by atoms with van der Waals surface area (Å²) in [5.41, 5.74) is 0.504. The lowest BCUT2D eigenvalue weighted by atomic mass is 10.1. The number of carbonyl (C=O) groups excluding carboxylic acids is 1. The van der Waals surface area contributed by atoms with Gasteiger partial charge in [-0.1, -0.05) is 23.2 Å². The summed E-state index contributed by atoms with van der Waals surface area (Å²) in [4.78, 5) is 21.8.